The van der Waals surface area contributed by atoms with Crippen molar-refractivity contribution >= 4 is 17.6 Å². The molecule has 0 aliphatic heterocycles. The Morgan fingerprint density at radius 2 is 1.90 bits per heavy atom. The zero-order valence-electron chi connectivity index (χ0n) is 18.1. The van der Waals surface area contributed by atoms with Crippen molar-refractivity contribution in [3.05, 3.63) is 89.7 Å². The minimum absolute atomic E-state index is 0.276. The molecule has 1 aromatic heterocycles. The Hall–Kier alpha value is -3.67. The molecule has 3 aromatic rings. The van der Waals surface area contributed by atoms with Crippen molar-refractivity contribution in [3.8, 4) is 5.75 Å². The number of ether oxygens (including phenoxy) is 1. The van der Waals surface area contributed by atoms with E-state index in [0.717, 1.165) is 17.8 Å². The van der Waals surface area contributed by atoms with Crippen LogP contribution in [0.1, 0.15) is 47.8 Å². The molecule has 3 rings (SSSR count). The first-order chi connectivity index (χ1) is 15.1. The van der Waals surface area contributed by atoms with Gasteiger partial charge in [-0.3, -0.25) is 15.1 Å². The molecule has 2 N–H and O–H groups in total. The molecule has 0 unspecified atom stereocenters. The molecule has 0 aliphatic carbocycles. The van der Waals surface area contributed by atoms with Crippen LogP contribution in [0.25, 0.3) is 0 Å². The number of amides is 1. The topological polar surface area (TPSA) is 75.6 Å². The SMILES string of the molecule is CC[C@@H](C)c1ccc(NC(=NCc2ccccn2)NC(=O)c2cccc(OC)c2)cc1. The fourth-order valence-electron chi connectivity index (χ4n) is 2.97. The number of nitrogens with zero attached hydrogens (tertiary/aromatic N) is 2. The van der Waals surface area contributed by atoms with E-state index in [-0.39, 0.29) is 5.91 Å². The maximum Gasteiger partial charge on any atom is 0.258 e. The maximum atomic E-state index is 12.8. The number of aromatic nitrogens is 1. The number of hydrogen-bond donors (Lipinski definition) is 2. The third-order valence-corrected chi connectivity index (χ3v) is 5.04. The van der Waals surface area contributed by atoms with Crippen LogP contribution in [0.5, 0.6) is 5.75 Å². The Balaban J connectivity index is 1.79. The van der Waals surface area contributed by atoms with Gasteiger partial charge in [0.1, 0.15) is 5.75 Å². The van der Waals surface area contributed by atoms with Crippen molar-refractivity contribution in [2.24, 2.45) is 4.99 Å². The summed E-state index contributed by atoms with van der Waals surface area (Å²) in [6.45, 7) is 4.72. The number of aliphatic imine (C=N–C) groups is 1. The predicted octanol–water partition coefficient (Wildman–Crippen LogP) is 5.00. The van der Waals surface area contributed by atoms with Gasteiger partial charge < -0.3 is 10.1 Å². The van der Waals surface area contributed by atoms with Gasteiger partial charge in [-0.1, -0.05) is 38.1 Å². The summed E-state index contributed by atoms with van der Waals surface area (Å²) < 4.78 is 5.22. The van der Waals surface area contributed by atoms with Gasteiger partial charge in [-0.05, 0) is 60.4 Å². The molecule has 0 saturated carbocycles. The third kappa shape index (κ3) is 6.40. The van der Waals surface area contributed by atoms with Gasteiger partial charge in [-0.2, -0.15) is 0 Å². The summed E-state index contributed by atoms with van der Waals surface area (Å²) in [5.74, 6) is 1.20. The number of rotatable bonds is 7. The molecule has 2 aromatic carbocycles. The summed E-state index contributed by atoms with van der Waals surface area (Å²) in [6.07, 6.45) is 2.81. The van der Waals surface area contributed by atoms with Crippen LogP contribution in [-0.2, 0) is 6.54 Å². The van der Waals surface area contributed by atoms with Crippen LogP contribution in [0.15, 0.2) is 77.9 Å². The van der Waals surface area contributed by atoms with E-state index in [4.69, 9.17) is 4.74 Å². The molecule has 0 radical (unpaired) electrons. The maximum absolute atomic E-state index is 12.8. The van der Waals surface area contributed by atoms with Crippen molar-refractivity contribution in [2.45, 2.75) is 32.7 Å². The minimum atomic E-state index is -0.276. The molecular formula is C25H28N4O2. The lowest BCUT2D eigenvalue weighted by molar-refractivity contribution is 0.0976. The highest BCUT2D eigenvalue weighted by molar-refractivity contribution is 6.10. The monoisotopic (exact) mass is 416 g/mol. The quantitative estimate of drug-likeness (QED) is 0.420. The second-order valence-corrected chi connectivity index (χ2v) is 7.23. The summed E-state index contributed by atoms with van der Waals surface area (Å²) in [4.78, 5) is 21.6. The Bertz CT molecular complexity index is 1020. The Labute approximate surface area is 183 Å². The average Bonchev–Trinajstić information content (AvgIpc) is 2.83. The summed E-state index contributed by atoms with van der Waals surface area (Å²) >= 11 is 0. The highest BCUT2D eigenvalue weighted by atomic mass is 16.5. The zero-order chi connectivity index (χ0) is 22.1. The van der Waals surface area contributed by atoms with Crippen molar-refractivity contribution in [1.29, 1.82) is 0 Å². The van der Waals surface area contributed by atoms with E-state index in [1.165, 1.54) is 5.56 Å². The minimum Gasteiger partial charge on any atom is -0.497 e. The van der Waals surface area contributed by atoms with Crippen LogP contribution in [0.4, 0.5) is 5.69 Å². The third-order valence-electron chi connectivity index (χ3n) is 5.04. The number of pyridine rings is 1. The van der Waals surface area contributed by atoms with Gasteiger partial charge in [-0.25, -0.2) is 4.99 Å². The fourth-order valence-corrected chi connectivity index (χ4v) is 2.97. The molecular weight excluding hydrogens is 388 g/mol. The second-order valence-electron chi connectivity index (χ2n) is 7.23. The Morgan fingerprint density at radius 3 is 2.58 bits per heavy atom. The van der Waals surface area contributed by atoms with Crippen LogP contribution in [-0.4, -0.2) is 24.0 Å². The van der Waals surface area contributed by atoms with Crippen molar-refractivity contribution < 1.29 is 9.53 Å². The van der Waals surface area contributed by atoms with Gasteiger partial charge in [0.2, 0.25) is 5.96 Å². The highest BCUT2D eigenvalue weighted by Gasteiger charge is 2.11. The van der Waals surface area contributed by atoms with Crippen molar-refractivity contribution in [3.63, 3.8) is 0 Å². The normalized spacial score (nSPS) is 12.2. The van der Waals surface area contributed by atoms with Crippen LogP contribution < -0.4 is 15.4 Å². The number of methoxy groups -OCH3 is 1. The van der Waals surface area contributed by atoms with Gasteiger partial charge >= 0.3 is 0 Å². The lowest BCUT2D eigenvalue weighted by Crippen LogP contribution is -2.36. The molecule has 6 heteroatoms. The average molecular weight is 417 g/mol. The molecule has 31 heavy (non-hydrogen) atoms. The van der Waals surface area contributed by atoms with Gasteiger partial charge in [0, 0.05) is 17.4 Å². The molecule has 0 spiro atoms. The number of hydrogen-bond acceptors (Lipinski definition) is 4. The molecule has 1 atom stereocenters. The molecule has 6 nitrogen and oxygen atoms in total. The number of benzene rings is 2. The summed E-state index contributed by atoms with van der Waals surface area (Å²) in [6, 6.07) is 20.8. The standard InChI is InChI=1S/C25H28N4O2/c1-4-18(2)19-11-13-21(14-12-19)28-25(27-17-22-9-5-6-15-26-22)29-24(30)20-8-7-10-23(16-20)31-3/h5-16,18H,4,17H2,1-3H3,(H2,27,28,29,30)/t18-/m1/s1. The smallest absolute Gasteiger partial charge is 0.258 e. The first-order valence-electron chi connectivity index (χ1n) is 10.4. The molecule has 0 saturated heterocycles. The van der Waals surface area contributed by atoms with Crippen LogP contribution in [0.3, 0.4) is 0 Å². The number of carbonyl (C=O) groups excluding carboxylic acids is 1. The lowest BCUT2D eigenvalue weighted by atomic mass is 9.99. The highest BCUT2D eigenvalue weighted by Crippen LogP contribution is 2.20. The van der Waals surface area contributed by atoms with E-state index in [1.807, 2.05) is 30.3 Å². The fraction of sp³-hybridized carbons (Fsp3) is 0.240. The Kier molecular flexibility index (Phi) is 7.76. The first-order valence-corrected chi connectivity index (χ1v) is 10.4. The first kappa shape index (κ1) is 22.0. The summed E-state index contributed by atoms with van der Waals surface area (Å²) in [5, 5.41) is 6.09. The van der Waals surface area contributed by atoms with E-state index in [2.05, 4.69) is 46.6 Å². The molecule has 1 heterocycles. The number of anilines is 1. The summed E-state index contributed by atoms with van der Waals surface area (Å²) in [7, 11) is 1.57. The second kappa shape index (κ2) is 10.9. The van der Waals surface area contributed by atoms with Crippen LogP contribution in [0, 0.1) is 0 Å². The molecule has 1 amide bonds. The molecule has 0 aliphatic rings. The van der Waals surface area contributed by atoms with E-state index < -0.39 is 0 Å². The predicted molar refractivity (Wildman–Crippen MR) is 125 cm³/mol. The van der Waals surface area contributed by atoms with E-state index in [9.17, 15) is 4.79 Å². The molecule has 0 bridgehead atoms. The van der Waals surface area contributed by atoms with E-state index in [0.29, 0.717) is 29.7 Å². The van der Waals surface area contributed by atoms with Crippen LogP contribution >= 0.6 is 0 Å². The Morgan fingerprint density at radius 1 is 1.10 bits per heavy atom. The zero-order valence-corrected chi connectivity index (χ0v) is 18.1. The molecule has 0 fully saturated rings. The van der Waals surface area contributed by atoms with Crippen molar-refractivity contribution in [1.82, 2.24) is 10.3 Å². The largest absolute Gasteiger partial charge is 0.497 e. The number of guanidine groups is 1. The van der Waals surface area contributed by atoms with E-state index >= 15 is 0 Å². The lowest BCUT2D eigenvalue weighted by Gasteiger charge is -2.14. The summed E-state index contributed by atoms with van der Waals surface area (Å²) in [5.41, 5.74) is 3.42. The van der Waals surface area contributed by atoms with E-state index in [1.54, 1.807) is 37.6 Å². The van der Waals surface area contributed by atoms with Gasteiger partial charge in [0.05, 0.1) is 19.3 Å². The van der Waals surface area contributed by atoms with Gasteiger partial charge in [0.15, 0.2) is 0 Å². The van der Waals surface area contributed by atoms with Gasteiger partial charge in [-0.15, -0.1) is 0 Å². The number of nitrogens with one attached hydrogen (secondary N) is 2. The van der Waals surface area contributed by atoms with Gasteiger partial charge in [0.25, 0.3) is 5.91 Å². The van der Waals surface area contributed by atoms with Crippen molar-refractivity contribution in [2.75, 3.05) is 12.4 Å². The number of carbonyl (C=O) groups is 1. The van der Waals surface area contributed by atoms with Crippen LogP contribution in [0.2, 0.25) is 0 Å². The molecule has 160 valence electrons.